The largest absolute Gasteiger partial charge is 0.360 e. The maximum absolute atomic E-state index is 12.7. The van der Waals surface area contributed by atoms with Crippen molar-refractivity contribution in [1.29, 1.82) is 0 Å². The molecule has 0 spiro atoms. The summed E-state index contributed by atoms with van der Waals surface area (Å²) in [6, 6.07) is 8.07. The summed E-state index contributed by atoms with van der Waals surface area (Å²) in [6.07, 6.45) is 3.85. The Labute approximate surface area is 177 Å². The minimum absolute atomic E-state index is 0.0192. The monoisotopic (exact) mass is 413 g/mol. The van der Waals surface area contributed by atoms with Crippen molar-refractivity contribution in [1.82, 2.24) is 20.4 Å². The van der Waals surface area contributed by atoms with Crippen LogP contribution in [0.1, 0.15) is 31.2 Å². The highest BCUT2D eigenvalue weighted by atomic mass is 16.2. The zero-order valence-electron chi connectivity index (χ0n) is 17.4. The van der Waals surface area contributed by atoms with Gasteiger partial charge in [0, 0.05) is 51.5 Å². The summed E-state index contributed by atoms with van der Waals surface area (Å²) < 4.78 is 0. The van der Waals surface area contributed by atoms with Gasteiger partial charge in [0.1, 0.15) is 0 Å². The third-order valence-electron chi connectivity index (χ3n) is 6.25. The van der Waals surface area contributed by atoms with Crippen molar-refractivity contribution in [2.75, 3.05) is 50.7 Å². The van der Waals surface area contributed by atoms with E-state index in [2.05, 4.69) is 15.5 Å². The molecule has 0 saturated carbocycles. The Morgan fingerprint density at radius 1 is 1.00 bits per heavy atom. The Morgan fingerprint density at radius 2 is 1.73 bits per heavy atom. The molecular weight excluding hydrogens is 382 g/mol. The number of likely N-dealkylation sites (tertiary alicyclic amines) is 2. The van der Waals surface area contributed by atoms with Gasteiger partial charge in [-0.25, -0.2) is 4.79 Å². The first-order valence-corrected chi connectivity index (χ1v) is 11.0. The van der Waals surface area contributed by atoms with Crippen molar-refractivity contribution in [3.05, 3.63) is 29.8 Å². The molecule has 0 unspecified atom stereocenters. The molecule has 2 N–H and O–H groups in total. The number of hydrogen-bond acceptors (Lipinski definition) is 4. The molecule has 4 amide bonds. The number of amides is 4. The third kappa shape index (κ3) is 4.86. The molecule has 0 aromatic heterocycles. The Kier molecular flexibility index (Phi) is 6.40. The van der Waals surface area contributed by atoms with E-state index in [0.29, 0.717) is 26.2 Å². The van der Waals surface area contributed by atoms with Gasteiger partial charge in [-0.3, -0.25) is 9.59 Å². The number of anilines is 1. The minimum Gasteiger partial charge on any atom is -0.360 e. The molecule has 1 aromatic carbocycles. The molecular formula is C22H31N5O3. The highest BCUT2D eigenvalue weighted by molar-refractivity contribution is 5.83. The first-order valence-electron chi connectivity index (χ1n) is 11.0. The van der Waals surface area contributed by atoms with Gasteiger partial charge in [0.25, 0.3) is 0 Å². The molecule has 162 valence electrons. The standard InChI is InChI=1S/C22H31N5O3/c28-20-16-26(13-9-23-20)19-7-5-17(6-8-19)14-24-21(29)18-4-3-12-27(15-18)22(30)25-10-1-2-11-25/h5-8,18H,1-4,9-16H2,(H,23,28)(H,24,29)/t18-/m1/s1. The SMILES string of the molecule is O=C1CN(c2ccc(CNC(=O)[C@@H]3CCCN(C(=O)N4CCCC4)C3)cc2)CCN1. The summed E-state index contributed by atoms with van der Waals surface area (Å²) in [5.41, 5.74) is 2.04. The van der Waals surface area contributed by atoms with Crippen LogP contribution in [-0.2, 0) is 16.1 Å². The van der Waals surface area contributed by atoms with Gasteiger partial charge in [0.05, 0.1) is 12.5 Å². The number of rotatable bonds is 4. The van der Waals surface area contributed by atoms with Gasteiger partial charge in [-0.2, -0.15) is 0 Å². The second-order valence-corrected chi connectivity index (χ2v) is 8.42. The Morgan fingerprint density at radius 3 is 2.47 bits per heavy atom. The lowest BCUT2D eigenvalue weighted by Crippen LogP contribution is -2.49. The predicted octanol–water partition coefficient (Wildman–Crippen LogP) is 1.17. The van der Waals surface area contributed by atoms with E-state index >= 15 is 0 Å². The molecule has 0 radical (unpaired) electrons. The number of nitrogens with one attached hydrogen (secondary N) is 2. The molecule has 3 aliphatic heterocycles. The first kappa shape index (κ1) is 20.5. The van der Waals surface area contributed by atoms with Gasteiger partial charge in [0.15, 0.2) is 0 Å². The van der Waals surface area contributed by atoms with E-state index in [4.69, 9.17) is 0 Å². The number of carbonyl (C=O) groups excluding carboxylic acids is 3. The van der Waals surface area contributed by atoms with Gasteiger partial charge < -0.3 is 25.3 Å². The van der Waals surface area contributed by atoms with Crippen LogP contribution < -0.4 is 15.5 Å². The highest BCUT2D eigenvalue weighted by Crippen LogP contribution is 2.20. The van der Waals surface area contributed by atoms with Crippen molar-refractivity contribution < 1.29 is 14.4 Å². The molecule has 1 aromatic rings. The van der Waals surface area contributed by atoms with E-state index < -0.39 is 0 Å². The molecule has 0 bridgehead atoms. The second kappa shape index (κ2) is 9.36. The Hall–Kier alpha value is -2.77. The van der Waals surface area contributed by atoms with E-state index in [1.165, 1.54) is 0 Å². The quantitative estimate of drug-likeness (QED) is 0.776. The molecule has 0 aliphatic carbocycles. The summed E-state index contributed by atoms with van der Waals surface area (Å²) >= 11 is 0. The van der Waals surface area contributed by atoms with E-state index in [9.17, 15) is 14.4 Å². The minimum atomic E-state index is -0.142. The van der Waals surface area contributed by atoms with E-state index in [-0.39, 0.29) is 23.8 Å². The van der Waals surface area contributed by atoms with Crippen molar-refractivity contribution in [2.24, 2.45) is 5.92 Å². The van der Waals surface area contributed by atoms with Crippen molar-refractivity contribution in [3.63, 3.8) is 0 Å². The Balaban J connectivity index is 1.26. The van der Waals surface area contributed by atoms with Crippen molar-refractivity contribution in [3.8, 4) is 0 Å². The van der Waals surface area contributed by atoms with Crippen LogP contribution in [0.5, 0.6) is 0 Å². The molecule has 4 rings (SSSR count). The van der Waals surface area contributed by atoms with Gasteiger partial charge in [0.2, 0.25) is 11.8 Å². The maximum Gasteiger partial charge on any atom is 0.320 e. The van der Waals surface area contributed by atoms with Crippen LogP contribution in [-0.4, -0.2) is 73.5 Å². The van der Waals surface area contributed by atoms with Crippen molar-refractivity contribution in [2.45, 2.75) is 32.2 Å². The second-order valence-electron chi connectivity index (χ2n) is 8.42. The van der Waals surface area contributed by atoms with Crippen LogP contribution in [0, 0.1) is 5.92 Å². The van der Waals surface area contributed by atoms with Crippen LogP contribution in [0.2, 0.25) is 0 Å². The van der Waals surface area contributed by atoms with Crippen molar-refractivity contribution >= 4 is 23.5 Å². The van der Waals surface area contributed by atoms with E-state index in [1.807, 2.05) is 34.1 Å². The molecule has 3 fully saturated rings. The molecule has 8 nitrogen and oxygen atoms in total. The fourth-order valence-electron chi connectivity index (χ4n) is 4.49. The van der Waals surface area contributed by atoms with Gasteiger partial charge >= 0.3 is 6.03 Å². The summed E-state index contributed by atoms with van der Waals surface area (Å²) in [5, 5.41) is 5.86. The zero-order valence-corrected chi connectivity index (χ0v) is 17.4. The Bertz CT molecular complexity index is 775. The maximum atomic E-state index is 12.7. The average molecular weight is 414 g/mol. The van der Waals surface area contributed by atoms with Gasteiger partial charge in [-0.05, 0) is 43.4 Å². The molecule has 3 heterocycles. The smallest absolute Gasteiger partial charge is 0.320 e. The van der Waals surface area contributed by atoms with Crippen LogP contribution in [0.15, 0.2) is 24.3 Å². The summed E-state index contributed by atoms with van der Waals surface area (Å²) in [5.74, 6) is -0.0792. The number of urea groups is 1. The molecule has 1 atom stereocenters. The normalized spacial score (nSPS) is 22.1. The number of benzene rings is 1. The molecule has 3 aliphatic rings. The van der Waals surface area contributed by atoms with Gasteiger partial charge in [-0.15, -0.1) is 0 Å². The van der Waals surface area contributed by atoms with Crippen LogP contribution in [0.25, 0.3) is 0 Å². The lowest BCUT2D eigenvalue weighted by atomic mass is 9.97. The summed E-state index contributed by atoms with van der Waals surface area (Å²) in [7, 11) is 0. The highest BCUT2D eigenvalue weighted by Gasteiger charge is 2.31. The molecule has 8 heteroatoms. The van der Waals surface area contributed by atoms with Gasteiger partial charge in [-0.1, -0.05) is 12.1 Å². The number of nitrogens with zero attached hydrogens (tertiary/aromatic N) is 3. The lowest BCUT2D eigenvalue weighted by molar-refractivity contribution is -0.126. The lowest BCUT2D eigenvalue weighted by Gasteiger charge is -2.34. The van der Waals surface area contributed by atoms with E-state index in [0.717, 1.165) is 63.1 Å². The third-order valence-corrected chi connectivity index (χ3v) is 6.25. The topological polar surface area (TPSA) is 85.0 Å². The van der Waals surface area contributed by atoms with Crippen LogP contribution >= 0.6 is 0 Å². The number of piperidine rings is 1. The summed E-state index contributed by atoms with van der Waals surface area (Å²) in [6.45, 7) is 5.24. The average Bonchev–Trinajstić information content (AvgIpc) is 3.32. The van der Waals surface area contributed by atoms with E-state index in [1.54, 1.807) is 0 Å². The fraction of sp³-hybridized carbons (Fsp3) is 0.591. The molecule has 3 saturated heterocycles. The van der Waals surface area contributed by atoms with Crippen LogP contribution in [0.3, 0.4) is 0 Å². The fourth-order valence-corrected chi connectivity index (χ4v) is 4.49. The molecule has 30 heavy (non-hydrogen) atoms. The number of piperazine rings is 1. The summed E-state index contributed by atoms with van der Waals surface area (Å²) in [4.78, 5) is 42.7. The first-order chi connectivity index (χ1) is 14.6. The van der Waals surface area contributed by atoms with Crippen LogP contribution in [0.4, 0.5) is 10.5 Å². The zero-order chi connectivity index (χ0) is 20.9. The number of hydrogen-bond donors (Lipinski definition) is 2. The number of carbonyl (C=O) groups is 3. The predicted molar refractivity (Wildman–Crippen MR) is 114 cm³/mol.